The Morgan fingerprint density at radius 3 is 2.82 bits per heavy atom. The second-order valence-corrected chi connectivity index (χ2v) is 4.10. The normalized spacial score (nSPS) is 43.6. The van der Waals surface area contributed by atoms with Gasteiger partial charge >= 0.3 is 0 Å². The molecule has 4 atom stereocenters. The van der Waals surface area contributed by atoms with Crippen LogP contribution in [-0.2, 0) is 0 Å². The van der Waals surface area contributed by atoms with E-state index in [4.69, 9.17) is 5.11 Å². The minimum absolute atomic E-state index is 0.187. The first kappa shape index (κ1) is 7.56. The topological polar surface area (TPSA) is 32.3 Å². The number of fused-ring (bicyclic) bond motifs is 1. The van der Waals surface area contributed by atoms with E-state index in [0.29, 0.717) is 0 Å². The summed E-state index contributed by atoms with van der Waals surface area (Å²) < 4.78 is 0. The van der Waals surface area contributed by atoms with Crippen molar-refractivity contribution in [2.24, 2.45) is 11.8 Å². The van der Waals surface area contributed by atoms with Gasteiger partial charge in [0.2, 0.25) is 0 Å². The number of hydrogen-bond acceptors (Lipinski definition) is 2. The SMILES string of the molecule is CC(O)CNC1CC[C@H]2C[C@@H]12. The monoisotopic (exact) mass is 155 g/mol. The molecule has 0 saturated heterocycles. The Hall–Kier alpha value is -0.0800. The van der Waals surface area contributed by atoms with Crippen molar-refractivity contribution in [2.75, 3.05) is 6.54 Å². The van der Waals surface area contributed by atoms with Crippen molar-refractivity contribution in [1.82, 2.24) is 5.32 Å². The third-order valence-electron chi connectivity index (χ3n) is 3.02. The lowest BCUT2D eigenvalue weighted by molar-refractivity contribution is 0.184. The highest BCUT2D eigenvalue weighted by atomic mass is 16.3. The largest absolute Gasteiger partial charge is 0.392 e. The Bertz CT molecular complexity index is 146. The predicted octanol–water partition coefficient (Wildman–Crippen LogP) is 0.755. The van der Waals surface area contributed by atoms with Gasteiger partial charge in [0.25, 0.3) is 0 Å². The van der Waals surface area contributed by atoms with Gasteiger partial charge in [0.1, 0.15) is 0 Å². The first-order chi connectivity index (χ1) is 5.27. The van der Waals surface area contributed by atoms with E-state index in [0.717, 1.165) is 24.4 Å². The number of nitrogens with one attached hydrogen (secondary N) is 1. The lowest BCUT2D eigenvalue weighted by Crippen LogP contribution is -2.34. The highest BCUT2D eigenvalue weighted by Gasteiger charge is 2.47. The third-order valence-corrected chi connectivity index (χ3v) is 3.02. The second-order valence-electron chi connectivity index (χ2n) is 4.10. The molecular formula is C9H17NO. The fraction of sp³-hybridized carbons (Fsp3) is 1.00. The Morgan fingerprint density at radius 2 is 2.36 bits per heavy atom. The van der Waals surface area contributed by atoms with Crippen LogP contribution in [0.3, 0.4) is 0 Å². The van der Waals surface area contributed by atoms with Gasteiger partial charge in [-0.2, -0.15) is 0 Å². The summed E-state index contributed by atoms with van der Waals surface area (Å²) in [5.41, 5.74) is 0. The summed E-state index contributed by atoms with van der Waals surface area (Å²) in [5.74, 6) is 2.01. The molecule has 0 aromatic carbocycles. The predicted molar refractivity (Wildman–Crippen MR) is 44.3 cm³/mol. The van der Waals surface area contributed by atoms with Gasteiger partial charge in [-0.15, -0.1) is 0 Å². The summed E-state index contributed by atoms with van der Waals surface area (Å²) in [4.78, 5) is 0. The van der Waals surface area contributed by atoms with E-state index in [1.165, 1.54) is 19.3 Å². The fourth-order valence-corrected chi connectivity index (χ4v) is 2.28. The van der Waals surface area contributed by atoms with Gasteiger partial charge in [-0.1, -0.05) is 0 Å². The van der Waals surface area contributed by atoms with Crippen molar-refractivity contribution in [1.29, 1.82) is 0 Å². The molecule has 2 aliphatic carbocycles. The third kappa shape index (κ3) is 1.57. The Morgan fingerprint density at radius 1 is 1.55 bits per heavy atom. The molecule has 2 aliphatic rings. The van der Waals surface area contributed by atoms with E-state index < -0.39 is 0 Å². The zero-order chi connectivity index (χ0) is 7.84. The van der Waals surface area contributed by atoms with Crippen molar-refractivity contribution in [3.05, 3.63) is 0 Å². The smallest absolute Gasteiger partial charge is 0.0636 e. The molecule has 2 heteroatoms. The Balaban J connectivity index is 1.70. The molecule has 0 aromatic heterocycles. The molecule has 2 saturated carbocycles. The van der Waals surface area contributed by atoms with E-state index in [1.54, 1.807) is 0 Å². The molecule has 11 heavy (non-hydrogen) atoms. The van der Waals surface area contributed by atoms with E-state index >= 15 is 0 Å². The van der Waals surface area contributed by atoms with Gasteiger partial charge in [0, 0.05) is 12.6 Å². The van der Waals surface area contributed by atoms with E-state index in [1.807, 2.05) is 6.92 Å². The Kier molecular flexibility index (Phi) is 1.90. The highest BCUT2D eigenvalue weighted by Crippen LogP contribution is 2.51. The number of rotatable bonds is 3. The van der Waals surface area contributed by atoms with E-state index in [-0.39, 0.29) is 6.10 Å². The van der Waals surface area contributed by atoms with Crippen LogP contribution in [0, 0.1) is 11.8 Å². The van der Waals surface area contributed by atoms with Gasteiger partial charge in [-0.05, 0) is 38.0 Å². The molecule has 0 bridgehead atoms. The van der Waals surface area contributed by atoms with Gasteiger partial charge in [-0.3, -0.25) is 0 Å². The maximum Gasteiger partial charge on any atom is 0.0636 e. The summed E-state index contributed by atoms with van der Waals surface area (Å²) in [7, 11) is 0. The molecule has 0 radical (unpaired) electrons. The minimum Gasteiger partial charge on any atom is -0.392 e. The second kappa shape index (κ2) is 2.76. The molecule has 2 nitrogen and oxygen atoms in total. The van der Waals surface area contributed by atoms with Crippen LogP contribution in [0.1, 0.15) is 26.2 Å². The average molecular weight is 155 g/mol. The molecule has 0 spiro atoms. The molecule has 2 fully saturated rings. The molecule has 2 N–H and O–H groups in total. The molecule has 2 unspecified atom stereocenters. The molecule has 0 amide bonds. The van der Waals surface area contributed by atoms with Crippen molar-refractivity contribution in [3.8, 4) is 0 Å². The first-order valence-corrected chi connectivity index (χ1v) is 4.69. The lowest BCUT2D eigenvalue weighted by atomic mass is 10.1. The summed E-state index contributed by atoms with van der Waals surface area (Å²) >= 11 is 0. The van der Waals surface area contributed by atoms with Crippen LogP contribution in [0.25, 0.3) is 0 Å². The quantitative estimate of drug-likeness (QED) is 0.630. The van der Waals surface area contributed by atoms with Crippen LogP contribution in [0.15, 0.2) is 0 Å². The Labute approximate surface area is 68.0 Å². The van der Waals surface area contributed by atoms with Crippen LogP contribution in [0.4, 0.5) is 0 Å². The van der Waals surface area contributed by atoms with Crippen molar-refractivity contribution in [3.63, 3.8) is 0 Å². The van der Waals surface area contributed by atoms with Crippen LogP contribution in [0.2, 0.25) is 0 Å². The standard InChI is InChI=1S/C9H17NO/c1-6(11)5-10-9-3-2-7-4-8(7)9/h6-11H,2-5H2,1H3/t6?,7-,8+,9?/m0/s1. The van der Waals surface area contributed by atoms with Gasteiger partial charge in [0.05, 0.1) is 6.10 Å². The fourth-order valence-electron chi connectivity index (χ4n) is 2.28. The highest BCUT2D eigenvalue weighted by molar-refractivity contribution is 5.01. The summed E-state index contributed by atoms with van der Waals surface area (Å²) in [5, 5.41) is 12.5. The molecule has 0 aliphatic heterocycles. The maximum absolute atomic E-state index is 9.05. The first-order valence-electron chi connectivity index (χ1n) is 4.69. The van der Waals surface area contributed by atoms with Crippen LogP contribution >= 0.6 is 0 Å². The zero-order valence-electron chi connectivity index (χ0n) is 7.09. The van der Waals surface area contributed by atoms with E-state index in [9.17, 15) is 0 Å². The lowest BCUT2D eigenvalue weighted by Gasteiger charge is -2.14. The van der Waals surface area contributed by atoms with Crippen molar-refractivity contribution in [2.45, 2.75) is 38.3 Å². The molecule has 0 aromatic rings. The van der Waals surface area contributed by atoms with Crippen molar-refractivity contribution < 1.29 is 5.11 Å². The summed E-state index contributed by atoms with van der Waals surface area (Å²) in [6.45, 7) is 2.61. The van der Waals surface area contributed by atoms with Crippen LogP contribution in [0.5, 0.6) is 0 Å². The number of aliphatic hydroxyl groups is 1. The van der Waals surface area contributed by atoms with Gasteiger partial charge in [0.15, 0.2) is 0 Å². The van der Waals surface area contributed by atoms with Crippen LogP contribution in [-0.4, -0.2) is 23.8 Å². The summed E-state index contributed by atoms with van der Waals surface area (Å²) in [6, 6.07) is 0.731. The van der Waals surface area contributed by atoms with E-state index in [2.05, 4.69) is 5.32 Å². The van der Waals surface area contributed by atoms with Crippen LogP contribution < -0.4 is 5.32 Å². The van der Waals surface area contributed by atoms with Gasteiger partial charge in [-0.25, -0.2) is 0 Å². The molecule has 64 valence electrons. The van der Waals surface area contributed by atoms with Gasteiger partial charge < -0.3 is 10.4 Å². The molecule has 0 heterocycles. The molecule has 2 rings (SSSR count). The number of aliphatic hydroxyl groups excluding tert-OH is 1. The van der Waals surface area contributed by atoms with Crippen molar-refractivity contribution >= 4 is 0 Å². The number of hydrogen-bond donors (Lipinski definition) is 2. The zero-order valence-corrected chi connectivity index (χ0v) is 7.09. The average Bonchev–Trinajstić information content (AvgIpc) is 2.62. The minimum atomic E-state index is -0.187. The summed E-state index contributed by atoms with van der Waals surface area (Å²) in [6.07, 6.45) is 4.01. The molecular weight excluding hydrogens is 138 g/mol. The maximum atomic E-state index is 9.05.